The van der Waals surface area contributed by atoms with E-state index in [1.807, 2.05) is 6.08 Å². The fourth-order valence-corrected chi connectivity index (χ4v) is 2.41. The summed E-state index contributed by atoms with van der Waals surface area (Å²) in [6.45, 7) is 0. The third kappa shape index (κ3) is 1.27. The molecule has 3 heteroatoms. The van der Waals surface area contributed by atoms with Crippen molar-refractivity contribution < 1.29 is 9.53 Å². The van der Waals surface area contributed by atoms with E-state index in [4.69, 9.17) is 4.74 Å². The van der Waals surface area contributed by atoms with Crippen LogP contribution in [0.4, 0.5) is 0 Å². The summed E-state index contributed by atoms with van der Waals surface area (Å²) in [4.78, 5) is 13.7. The number of carbonyl (C=O) groups is 1. The van der Waals surface area contributed by atoms with Gasteiger partial charge in [-0.2, -0.15) is 0 Å². The van der Waals surface area contributed by atoms with E-state index < -0.39 is 0 Å². The van der Waals surface area contributed by atoms with Gasteiger partial charge in [0.05, 0.1) is 13.0 Å². The Hall–Kier alpha value is -0.830. The van der Waals surface area contributed by atoms with Crippen LogP contribution in [0, 0.1) is 5.92 Å². The smallest absolute Gasteiger partial charge is 0.314 e. The van der Waals surface area contributed by atoms with Gasteiger partial charge in [-0.25, -0.2) is 0 Å². The first-order chi connectivity index (χ1) is 6.24. The molecule has 1 saturated heterocycles. The second kappa shape index (κ2) is 3.14. The molecule has 0 aromatic rings. The molecule has 0 saturated carbocycles. The highest BCUT2D eigenvalue weighted by molar-refractivity contribution is 5.75. The molecular weight excluding hydrogens is 166 g/mol. The molecule has 0 aliphatic carbocycles. The lowest BCUT2D eigenvalue weighted by molar-refractivity contribution is -0.145. The van der Waals surface area contributed by atoms with Crippen LogP contribution in [0.25, 0.3) is 0 Å². The van der Waals surface area contributed by atoms with E-state index in [-0.39, 0.29) is 11.9 Å². The van der Waals surface area contributed by atoms with Gasteiger partial charge in [-0.05, 0) is 19.9 Å². The quantitative estimate of drug-likeness (QED) is 0.443. The van der Waals surface area contributed by atoms with Gasteiger partial charge in [0.15, 0.2) is 0 Å². The maximum absolute atomic E-state index is 11.4. The maximum Gasteiger partial charge on any atom is 0.314 e. The lowest BCUT2D eigenvalue weighted by atomic mass is 9.96. The highest BCUT2D eigenvalue weighted by atomic mass is 16.5. The molecule has 2 bridgehead atoms. The average molecular weight is 181 g/mol. The number of likely N-dealkylation sites (N-methyl/N-ethyl adjacent to an activating group) is 1. The van der Waals surface area contributed by atoms with Crippen LogP contribution >= 0.6 is 0 Å². The van der Waals surface area contributed by atoms with Crippen molar-refractivity contribution >= 4 is 5.97 Å². The van der Waals surface area contributed by atoms with E-state index in [0.29, 0.717) is 12.1 Å². The Bertz CT molecular complexity index is 249. The van der Waals surface area contributed by atoms with Crippen molar-refractivity contribution in [3.63, 3.8) is 0 Å². The van der Waals surface area contributed by atoms with Crippen molar-refractivity contribution in [2.45, 2.75) is 24.9 Å². The maximum atomic E-state index is 11.4. The largest absolute Gasteiger partial charge is 0.469 e. The summed E-state index contributed by atoms with van der Waals surface area (Å²) in [5.41, 5.74) is 0. The highest BCUT2D eigenvalue weighted by Gasteiger charge is 2.40. The molecule has 0 amide bonds. The molecule has 0 radical (unpaired) electrons. The van der Waals surface area contributed by atoms with Gasteiger partial charge in [0.25, 0.3) is 0 Å². The van der Waals surface area contributed by atoms with E-state index in [2.05, 4.69) is 18.0 Å². The minimum Gasteiger partial charge on any atom is -0.469 e. The Kier molecular flexibility index (Phi) is 2.12. The van der Waals surface area contributed by atoms with Crippen LogP contribution in [0.1, 0.15) is 12.8 Å². The van der Waals surface area contributed by atoms with Gasteiger partial charge in [0, 0.05) is 12.1 Å². The molecule has 72 valence electrons. The molecule has 13 heavy (non-hydrogen) atoms. The summed E-state index contributed by atoms with van der Waals surface area (Å²) in [6.07, 6.45) is 6.42. The van der Waals surface area contributed by atoms with E-state index in [1.54, 1.807) is 0 Å². The SMILES string of the molecule is COC(=O)C1C=CC2CCC1N2C. The summed E-state index contributed by atoms with van der Waals surface area (Å²) in [7, 11) is 3.54. The average Bonchev–Trinajstić information content (AvgIpc) is 2.41. The number of fused-ring (bicyclic) bond motifs is 2. The molecule has 2 rings (SSSR count). The van der Waals surface area contributed by atoms with Gasteiger partial charge >= 0.3 is 5.97 Å². The first-order valence-electron chi connectivity index (χ1n) is 4.72. The summed E-state index contributed by atoms with van der Waals surface area (Å²) in [5, 5.41) is 0. The van der Waals surface area contributed by atoms with Gasteiger partial charge in [-0.1, -0.05) is 12.2 Å². The van der Waals surface area contributed by atoms with Crippen LogP contribution in [-0.2, 0) is 9.53 Å². The van der Waals surface area contributed by atoms with Crippen LogP contribution < -0.4 is 0 Å². The van der Waals surface area contributed by atoms with Crippen molar-refractivity contribution in [1.82, 2.24) is 4.90 Å². The van der Waals surface area contributed by atoms with E-state index in [0.717, 1.165) is 6.42 Å². The third-order valence-electron chi connectivity index (χ3n) is 3.23. The lowest BCUT2D eigenvalue weighted by Gasteiger charge is -2.31. The number of carbonyl (C=O) groups excluding carboxylic acids is 1. The standard InChI is InChI=1S/C10H15NO2/c1-11-7-3-5-8(10(12)13-2)9(11)6-4-7/h3,5,7-9H,4,6H2,1-2H3. The molecule has 0 spiro atoms. The summed E-state index contributed by atoms with van der Waals surface area (Å²) < 4.78 is 4.77. The van der Waals surface area contributed by atoms with Gasteiger partial charge in [0.2, 0.25) is 0 Å². The third-order valence-corrected chi connectivity index (χ3v) is 3.23. The van der Waals surface area contributed by atoms with Gasteiger partial charge in [-0.3, -0.25) is 9.69 Å². The Balaban J connectivity index is 2.19. The molecule has 0 aromatic carbocycles. The zero-order valence-corrected chi connectivity index (χ0v) is 8.06. The summed E-state index contributed by atoms with van der Waals surface area (Å²) >= 11 is 0. The monoisotopic (exact) mass is 181 g/mol. The Morgan fingerprint density at radius 1 is 1.46 bits per heavy atom. The minimum atomic E-state index is -0.103. The van der Waals surface area contributed by atoms with Crippen LogP contribution in [0.15, 0.2) is 12.2 Å². The van der Waals surface area contributed by atoms with Crippen molar-refractivity contribution in [3.8, 4) is 0 Å². The lowest BCUT2D eigenvalue weighted by Crippen LogP contribution is -2.42. The molecular formula is C10H15NO2. The summed E-state index contributed by atoms with van der Waals surface area (Å²) in [5.74, 6) is -0.151. The molecule has 3 atom stereocenters. The molecule has 2 heterocycles. The van der Waals surface area contributed by atoms with E-state index >= 15 is 0 Å². The minimum absolute atomic E-state index is 0.0475. The van der Waals surface area contributed by atoms with Crippen molar-refractivity contribution in [2.24, 2.45) is 5.92 Å². The van der Waals surface area contributed by atoms with Crippen molar-refractivity contribution in [2.75, 3.05) is 14.2 Å². The van der Waals surface area contributed by atoms with E-state index in [1.165, 1.54) is 13.5 Å². The highest BCUT2D eigenvalue weighted by Crippen LogP contribution is 2.33. The van der Waals surface area contributed by atoms with Crippen LogP contribution in [-0.4, -0.2) is 37.1 Å². The molecule has 2 aliphatic rings. The number of esters is 1. The fraction of sp³-hybridized carbons (Fsp3) is 0.700. The number of ether oxygens (including phenoxy) is 1. The number of hydrogen-bond acceptors (Lipinski definition) is 3. The second-order valence-corrected chi connectivity index (χ2v) is 3.81. The van der Waals surface area contributed by atoms with Crippen molar-refractivity contribution in [1.29, 1.82) is 0 Å². The van der Waals surface area contributed by atoms with Gasteiger partial charge in [0.1, 0.15) is 0 Å². The van der Waals surface area contributed by atoms with E-state index in [9.17, 15) is 4.79 Å². The molecule has 3 nitrogen and oxygen atoms in total. The van der Waals surface area contributed by atoms with Crippen molar-refractivity contribution in [3.05, 3.63) is 12.2 Å². The Morgan fingerprint density at radius 3 is 2.92 bits per heavy atom. The molecule has 2 aliphatic heterocycles. The zero-order chi connectivity index (χ0) is 9.42. The number of rotatable bonds is 1. The first kappa shape index (κ1) is 8.75. The predicted molar refractivity (Wildman–Crippen MR) is 49.2 cm³/mol. The second-order valence-electron chi connectivity index (χ2n) is 3.81. The molecule has 1 fully saturated rings. The summed E-state index contributed by atoms with van der Waals surface area (Å²) in [6, 6.07) is 0.911. The topological polar surface area (TPSA) is 29.5 Å². The first-order valence-corrected chi connectivity index (χ1v) is 4.72. The van der Waals surface area contributed by atoms with Crippen LogP contribution in [0.5, 0.6) is 0 Å². The zero-order valence-electron chi connectivity index (χ0n) is 8.06. The van der Waals surface area contributed by atoms with Gasteiger partial charge < -0.3 is 4.74 Å². The predicted octanol–water partition coefficient (Wildman–Crippen LogP) is 0.808. The molecule has 3 unspecified atom stereocenters. The number of hydrogen-bond donors (Lipinski definition) is 0. The van der Waals surface area contributed by atoms with Crippen LogP contribution in [0.3, 0.4) is 0 Å². The molecule has 0 N–H and O–H groups in total. The fourth-order valence-electron chi connectivity index (χ4n) is 2.41. The normalized spacial score (nSPS) is 37.8. The van der Waals surface area contributed by atoms with Gasteiger partial charge in [-0.15, -0.1) is 0 Å². The number of nitrogens with zero attached hydrogens (tertiary/aromatic N) is 1. The van der Waals surface area contributed by atoms with Crippen LogP contribution in [0.2, 0.25) is 0 Å². The Labute approximate surface area is 78.4 Å². The Morgan fingerprint density at radius 2 is 2.23 bits per heavy atom. The number of methoxy groups -OCH3 is 1. The molecule has 0 aromatic heterocycles.